The molecular formula is C17H21N3O3. The van der Waals surface area contributed by atoms with Crippen LogP contribution < -0.4 is 5.32 Å². The average Bonchev–Trinajstić information content (AvgIpc) is 2.98. The van der Waals surface area contributed by atoms with Crippen LogP contribution in [0.1, 0.15) is 32.2 Å². The van der Waals surface area contributed by atoms with E-state index in [9.17, 15) is 4.79 Å². The molecule has 6 heteroatoms. The smallest absolute Gasteiger partial charge is 0.407 e. The van der Waals surface area contributed by atoms with E-state index < -0.39 is 11.7 Å². The van der Waals surface area contributed by atoms with Crippen molar-refractivity contribution >= 4 is 28.1 Å². The Kier molecular flexibility index (Phi) is 3.75. The number of oxazole rings is 1. The molecule has 122 valence electrons. The van der Waals surface area contributed by atoms with E-state index in [-0.39, 0.29) is 0 Å². The molecule has 2 aromatic heterocycles. The third-order valence-electron chi connectivity index (χ3n) is 3.45. The lowest BCUT2D eigenvalue weighted by atomic mass is 10.1. The number of alkyl carbamates (subject to hydrolysis) is 1. The molecule has 0 saturated carbocycles. The summed E-state index contributed by atoms with van der Waals surface area (Å²) in [5.41, 5.74) is 3.24. The molecule has 23 heavy (non-hydrogen) atoms. The SMILES string of the molecule is Cc1nc2c(ccc3[nH]cc(CCNC(=O)OC(C)(C)C)c32)o1. The van der Waals surface area contributed by atoms with Gasteiger partial charge in [0.25, 0.3) is 0 Å². The van der Waals surface area contributed by atoms with E-state index in [2.05, 4.69) is 15.3 Å². The fourth-order valence-electron chi connectivity index (χ4n) is 2.60. The first-order valence-electron chi connectivity index (χ1n) is 7.66. The van der Waals surface area contributed by atoms with Gasteiger partial charge in [-0.2, -0.15) is 0 Å². The second kappa shape index (κ2) is 5.61. The molecule has 0 atom stereocenters. The Morgan fingerprint density at radius 1 is 1.39 bits per heavy atom. The number of hydrogen-bond acceptors (Lipinski definition) is 4. The zero-order valence-electron chi connectivity index (χ0n) is 13.8. The van der Waals surface area contributed by atoms with Gasteiger partial charge in [0, 0.05) is 30.6 Å². The molecule has 0 spiro atoms. The van der Waals surface area contributed by atoms with Gasteiger partial charge in [0.15, 0.2) is 11.5 Å². The third kappa shape index (κ3) is 3.31. The van der Waals surface area contributed by atoms with E-state index in [1.54, 1.807) is 0 Å². The molecular weight excluding hydrogens is 294 g/mol. The molecule has 3 aromatic rings. The second-order valence-electron chi connectivity index (χ2n) is 6.56. The minimum Gasteiger partial charge on any atom is -0.444 e. The maximum absolute atomic E-state index is 11.7. The molecule has 0 aliphatic rings. The van der Waals surface area contributed by atoms with Crippen molar-refractivity contribution in [3.63, 3.8) is 0 Å². The fraction of sp³-hybridized carbons (Fsp3) is 0.412. The highest BCUT2D eigenvalue weighted by molar-refractivity contribution is 6.04. The van der Waals surface area contributed by atoms with Crippen molar-refractivity contribution in [1.82, 2.24) is 15.3 Å². The van der Waals surface area contributed by atoms with Crippen molar-refractivity contribution in [2.75, 3.05) is 6.54 Å². The number of nitrogens with one attached hydrogen (secondary N) is 2. The van der Waals surface area contributed by atoms with Gasteiger partial charge in [0.2, 0.25) is 0 Å². The number of aromatic nitrogens is 2. The molecule has 2 N–H and O–H groups in total. The number of benzene rings is 1. The molecule has 0 saturated heterocycles. The summed E-state index contributed by atoms with van der Waals surface area (Å²) < 4.78 is 10.8. The minimum atomic E-state index is -0.491. The number of ether oxygens (including phenoxy) is 1. The standard InChI is InChI=1S/C17H21N3O3/c1-10-20-15-13(22-10)6-5-12-14(15)11(9-19-12)7-8-18-16(21)23-17(2,3)4/h5-6,9,19H,7-8H2,1-4H3,(H,18,21). The van der Waals surface area contributed by atoms with Gasteiger partial charge in [-0.15, -0.1) is 0 Å². The van der Waals surface area contributed by atoms with Crippen LogP contribution in [0, 0.1) is 6.92 Å². The molecule has 0 aliphatic carbocycles. The molecule has 1 aromatic carbocycles. The van der Waals surface area contributed by atoms with Crippen molar-refractivity contribution < 1.29 is 13.9 Å². The summed E-state index contributed by atoms with van der Waals surface area (Å²) in [6.07, 6.45) is 2.23. The van der Waals surface area contributed by atoms with Gasteiger partial charge in [0.1, 0.15) is 11.1 Å². The number of amides is 1. The summed E-state index contributed by atoms with van der Waals surface area (Å²) >= 11 is 0. The Balaban J connectivity index is 1.76. The molecule has 0 radical (unpaired) electrons. The van der Waals surface area contributed by atoms with Gasteiger partial charge in [-0.05, 0) is 44.9 Å². The van der Waals surface area contributed by atoms with Gasteiger partial charge >= 0.3 is 6.09 Å². The van der Waals surface area contributed by atoms with Crippen molar-refractivity contribution in [3.8, 4) is 0 Å². The summed E-state index contributed by atoms with van der Waals surface area (Å²) in [7, 11) is 0. The van der Waals surface area contributed by atoms with E-state index in [0.29, 0.717) is 18.9 Å². The molecule has 0 unspecified atom stereocenters. The summed E-state index contributed by atoms with van der Waals surface area (Å²) in [6, 6.07) is 3.89. The predicted molar refractivity (Wildman–Crippen MR) is 88.5 cm³/mol. The van der Waals surface area contributed by atoms with Gasteiger partial charge < -0.3 is 19.5 Å². The van der Waals surface area contributed by atoms with Gasteiger partial charge in [0.05, 0.1) is 0 Å². The summed E-state index contributed by atoms with van der Waals surface area (Å²) in [4.78, 5) is 19.4. The van der Waals surface area contributed by atoms with Gasteiger partial charge in [-0.1, -0.05) is 0 Å². The number of carbonyl (C=O) groups is 1. The van der Waals surface area contributed by atoms with Crippen LogP contribution in [0.2, 0.25) is 0 Å². The zero-order valence-corrected chi connectivity index (χ0v) is 13.8. The zero-order chi connectivity index (χ0) is 16.6. The summed E-state index contributed by atoms with van der Waals surface area (Å²) in [5.74, 6) is 0.645. The largest absolute Gasteiger partial charge is 0.444 e. The normalized spacial score (nSPS) is 12.0. The number of aromatic amines is 1. The molecule has 1 amide bonds. The third-order valence-corrected chi connectivity index (χ3v) is 3.45. The van der Waals surface area contributed by atoms with E-state index in [0.717, 1.165) is 27.6 Å². The Bertz CT molecular complexity index is 855. The summed E-state index contributed by atoms with van der Waals surface area (Å²) in [6.45, 7) is 7.86. The Labute approximate surface area is 134 Å². The molecule has 0 fully saturated rings. The first-order valence-corrected chi connectivity index (χ1v) is 7.66. The number of aryl methyl sites for hydroxylation is 1. The number of carbonyl (C=O) groups excluding carboxylic acids is 1. The highest BCUT2D eigenvalue weighted by atomic mass is 16.6. The fourth-order valence-corrected chi connectivity index (χ4v) is 2.60. The van der Waals surface area contributed by atoms with Crippen molar-refractivity contribution in [2.45, 2.75) is 39.7 Å². The van der Waals surface area contributed by atoms with Crippen molar-refractivity contribution in [2.24, 2.45) is 0 Å². The van der Waals surface area contributed by atoms with Gasteiger partial charge in [-0.25, -0.2) is 9.78 Å². The quantitative estimate of drug-likeness (QED) is 0.772. The Morgan fingerprint density at radius 2 is 2.17 bits per heavy atom. The maximum Gasteiger partial charge on any atom is 0.407 e. The number of nitrogens with zero attached hydrogens (tertiary/aromatic N) is 1. The van der Waals surface area contributed by atoms with Crippen molar-refractivity contribution in [3.05, 3.63) is 29.8 Å². The second-order valence-corrected chi connectivity index (χ2v) is 6.56. The molecule has 6 nitrogen and oxygen atoms in total. The van der Waals surface area contributed by atoms with Crippen LogP contribution in [-0.4, -0.2) is 28.2 Å². The van der Waals surface area contributed by atoms with E-state index in [1.807, 2.05) is 46.0 Å². The maximum atomic E-state index is 11.7. The number of H-pyrrole nitrogens is 1. The van der Waals surface area contributed by atoms with Crippen LogP contribution in [0.4, 0.5) is 4.79 Å². The van der Waals surface area contributed by atoms with Crippen LogP contribution in [0.5, 0.6) is 0 Å². The van der Waals surface area contributed by atoms with Crippen LogP contribution in [0.25, 0.3) is 22.0 Å². The van der Waals surface area contributed by atoms with Crippen LogP contribution in [0.15, 0.2) is 22.7 Å². The topological polar surface area (TPSA) is 80.2 Å². The van der Waals surface area contributed by atoms with E-state index in [1.165, 1.54) is 0 Å². The summed E-state index contributed by atoms with van der Waals surface area (Å²) in [5, 5.41) is 3.82. The minimum absolute atomic E-state index is 0.403. The van der Waals surface area contributed by atoms with Crippen molar-refractivity contribution in [1.29, 1.82) is 0 Å². The lowest BCUT2D eigenvalue weighted by Crippen LogP contribution is -2.33. The van der Waals surface area contributed by atoms with Gasteiger partial charge in [-0.3, -0.25) is 0 Å². The van der Waals surface area contributed by atoms with Crippen LogP contribution in [-0.2, 0) is 11.2 Å². The van der Waals surface area contributed by atoms with Crippen LogP contribution >= 0.6 is 0 Å². The Hall–Kier alpha value is -2.50. The lowest BCUT2D eigenvalue weighted by Gasteiger charge is -2.19. The molecule has 3 rings (SSSR count). The lowest BCUT2D eigenvalue weighted by molar-refractivity contribution is 0.0528. The first kappa shape index (κ1) is 15.4. The molecule has 0 aliphatic heterocycles. The Morgan fingerprint density at radius 3 is 2.91 bits per heavy atom. The number of fused-ring (bicyclic) bond motifs is 3. The number of hydrogen-bond donors (Lipinski definition) is 2. The van der Waals surface area contributed by atoms with E-state index in [4.69, 9.17) is 9.15 Å². The predicted octanol–water partition coefficient (Wildman–Crippen LogP) is 3.68. The monoisotopic (exact) mass is 315 g/mol. The average molecular weight is 315 g/mol. The molecule has 2 heterocycles. The highest BCUT2D eigenvalue weighted by Gasteiger charge is 2.16. The van der Waals surface area contributed by atoms with Crippen LogP contribution in [0.3, 0.4) is 0 Å². The first-order chi connectivity index (χ1) is 10.8. The molecule has 0 bridgehead atoms. The van der Waals surface area contributed by atoms with E-state index >= 15 is 0 Å². The number of rotatable bonds is 3. The highest BCUT2D eigenvalue weighted by Crippen LogP contribution is 2.28.